The maximum absolute atomic E-state index is 10.9. The van der Waals surface area contributed by atoms with Gasteiger partial charge in [-0.05, 0) is 129 Å². The molecule has 3 nitrogen and oxygen atoms in total. The van der Waals surface area contributed by atoms with E-state index in [9.17, 15) is 4.79 Å². The van der Waals surface area contributed by atoms with Crippen LogP contribution in [0.3, 0.4) is 0 Å². The average Bonchev–Trinajstić information content (AvgIpc) is 2.89. The molecule has 8 saturated carbocycles. The zero-order valence-corrected chi connectivity index (χ0v) is 23.0. The lowest BCUT2D eigenvalue weighted by atomic mass is 9.41. The molecule has 9 aliphatic rings. The van der Waals surface area contributed by atoms with Gasteiger partial charge in [-0.3, -0.25) is 0 Å². The number of carboxylic acid groups (broad SMARTS) is 1. The van der Waals surface area contributed by atoms with Gasteiger partial charge in [-0.15, -0.1) is 0 Å². The maximum Gasteiger partial charge on any atom is 0.328 e. The molecule has 8 aliphatic carbocycles. The topological polar surface area (TPSA) is 46.5 Å². The molecular formula is C36H42O3. The first-order chi connectivity index (χ1) is 19.1. The van der Waals surface area contributed by atoms with Crippen molar-refractivity contribution < 1.29 is 14.6 Å². The SMILES string of the molecule is O=C(O)C=CC=CC=CC1=Cc2ccccc2OC1(C1C2CC3CC(C2)CC1C3)C1C2CC3CC(C2)CC1C3. The van der Waals surface area contributed by atoms with Crippen molar-refractivity contribution >= 4 is 12.0 Å². The average molecular weight is 523 g/mol. The van der Waals surface area contributed by atoms with Crippen molar-refractivity contribution in [2.75, 3.05) is 0 Å². The van der Waals surface area contributed by atoms with Crippen LogP contribution in [0.15, 0.2) is 66.3 Å². The number of benzene rings is 1. The number of hydrogen-bond acceptors (Lipinski definition) is 2. The van der Waals surface area contributed by atoms with E-state index in [0.29, 0.717) is 11.8 Å². The summed E-state index contributed by atoms with van der Waals surface area (Å²) in [5.74, 6) is 8.33. The van der Waals surface area contributed by atoms with Crippen molar-refractivity contribution in [3.05, 3.63) is 71.9 Å². The Morgan fingerprint density at radius 2 is 1.23 bits per heavy atom. The number of aliphatic carboxylic acids is 1. The lowest BCUT2D eigenvalue weighted by molar-refractivity contribution is -0.185. The van der Waals surface area contributed by atoms with E-state index in [1.807, 2.05) is 12.2 Å². The Bertz CT molecular complexity index is 1170. The fourth-order valence-electron chi connectivity index (χ4n) is 11.8. The van der Waals surface area contributed by atoms with Crippen molar-refractivity contribution in [3.63, 3.8) is 0 Å². The predicted molar refractivity (Wildman–Crippen MR) is 154 cm³/mol. The third kappa shape index (κ3) is 3.93. The predicted octanol–water partition coefficient (Wildman–Crippen LogP) is 8.10. The van der Waals surface area contributed by atoms with E-state index in [-0.39, 0.29) is 5.60 Å². The fraction of sp³-hybridized carbons (Fsp3) is 0.583. The molecule has 1 aliphatic heterocycles. The number of rotatable bonds is 6. The van der Waals surface area contributed by atoms with Crippen LogP contribution in [0.25, 0.3) is 6.08 Å². The van der Waals surface area contributed by atoms with Crippen LogP contribution in [0, 0.1) is 59.2 Å². The summed E-state index contributed by atoms with van der Waals surface area (Å²) in [6, 6.07) is 8.73. The van der Waals surface area contributed by atoms with Gasteiger partial charge in [0.2, 0.25) is 0 Å². The molecule has 0 saturated heterocycles. The van der Waals surface area contributed by atoms with E-state index in [1.54, 1.807) is 6.08 Å². The molecule has 3 heteroatoms. The second-order valence-electron chi connectivity index (χ2n) is 14.4. The highest BCUT2D eigenvalue weighted by Gasteiger charge is 2.66. The largest absolute Gasteiger partial charge is 0.481 e. The summed E-state index contributed by atoms with van der Waals surface area (Å²) in [7, 11) is 0. The Morgan fingerprint density at radius 1 is 0.718 bits per heavy atom. The molecule has 8 fully saturated rings. The van der Waals surface area contributed by atoms with Crippen LogP contribution in [-0.2, 0) is 4.79 Å². The van der Waals surface area contributed by atoms with Gasteiger partial charge in [0.1, 0.15) is 11.4 Å². The van der Waals surface area contributed by atoms with Crippen molar-refractivity contribution in [2.24, 2.45) is 59.2 Å². The molecule has 0 atom stereocenters. The van der Waals surface area contributed by atoms with Crippen LogP contribution in [0.2, 0.25) is 0 Å². The summed E-state index contributed by atoms with van der Waals surface area (Å²) in [4.78, 5) is 10.9. The number of carboxylic acids is 1. The van der Waals surface area contributed by atoms with Gasteiger partial charge in [0, 0.05) is 23.5 Å². The normalized spacial score (nSPS) is 45.3. The first kappa shape index (κ1) is 24.3. The summed E-state index contributed by atoms with van der Waals surface area (Å²) >= 11 is 0. The first-order valence-corrected chi connectivity index (χ1v) is 15.8. The molecule has 10 rings (SSSR count). The minimum atomic E-state index is -0.911. The van der Waals surface area contributed by atoms with Gasteiger partial charge in [0.15, 0.2) is 0 Å². The minimum absolute atomic E-state index is 0.249. The summed E-state index contributed by atoms with van der Waals surface area (Å²) in [6.45, 7) is 0. The molecule has 0 radical (unpaired) electrons. The monoisotopic (exact) mass is 522 g/mol. The lowest BCUT2D eigenvalue weighted by Gasteiger charge is -2.66. The van der Waals surface area contributed by atoms with Gasteiger partial charge in [0.25, 0.3) is 0 Å². The number of ether oxygens (including phenoxy) is 1. The maximum atomic E-state index is 10.9. The molecule has 0 amide bonds. The van der Waals surface area contributed by atoms with Gasteiger partial charge >= 0.3 is 5.97 Å². The van der Waals surface area contributed by atoms with Crippen molar-refractivity contribution in [1.29, 1.82) is 0 Å². The van der Waals surface area contributed by atoms with E-state index >= 15 is 0 Å². The Balaban J connectivity index is 1.26. The Morgan fingerprint density at radius 3 is 1.77 bits per heavy atom. The first-order valence-electron chi connectivity index (χ1n) is 15.8. The minimum Gasteiger partial charge on any atom is -0.481 e. The Kier molecular flexibility index (Phi) is 5.75. The highest BCUT2D eigenvalue weighted by atomic mass is 16.5. The second-order valence-corrected chi connectivity index (χ2v) is 14.4. The standard InChI is InChI=1S/C36H42O3/c37-33(38)10-4-2-1-3-8-31-21-26-7-5-6-9-32(26)39-36(31,34-27-13-22-11-23(15-27)16-28(34)14-22)35-29-17-24-12-25(19-29)20-30(35)18-24/h1-10,21-25,27-30,34-35H,11-20H2,(H,37,38). The molecule has 1 heterocycles. The van der Waals surface area contributed by atoms with Crippen LogP contribution >= 0.6 is 0 Å². The van der Waals surface area contributed by atoms with Gasteiger partial charge < -0.3 is 9.84 Å². The van der Waals surface area contributed by atoms with E-state index in [1.165, 1.54) is 81.4 Å². The molecule has 8 bridgehead atoms. The third-order valence-electron chi connectivity index (χ3n) is 12.3. The van der Waals surface area contributed by atoms with Gasteiger partial charge in [-0.2, -0.15) is 0 Å². The molecule has 204 valence electrons. The van der Waals surface area contributed by atoms with Crippen molar-refractivity contribution in [1.82, 2.24) is 0 Å². The van der Waals surface area contributed by atoms with Crippen LogP contribution in [0.5, 0.6) is 5.75 Å². The molecular weight excluding hydrogens is 480 g/mol. The molecule has 1 N–H and O–H groups in total. The number of allylic oxidation sites excluding steroid dienone is 4. The third-order valence-corrected chi connectivity index (χ3v) is 12.3. The number of para-hydroxylation sites is 1. The summed E-state index contributed by atoms with van der Waals surface area (Å²) in [5.41, 5.74) is 2.35. The van der Waals surface area contributed by atoms with Gasteiger partial charge in [0.05, 0.1) is 0 Å². The molecule has 0 aromatic heterocycles. The second kappa shape index (κ2) is 9.25. The van der Waals surface area contributed by atoms with Crippen LogP contribution in [-0.4, -0.2) is 16.7 Å². The van der Waals surface area contributed by atoms with Gasteiger partial charge in [-0.1, -0.05) is 48.6 Å². The summed E-state index contributed by atoms with van der Waals surface area (Å²) < 4.78 is 7.66. The smallest absolute Gasteiger partial charge is 0.328 e. The Labute approximate surface area is 233 Å². The quantitative estimate of drug-likeness (QED) is 0.303. The van der Waals surface area contributed by atoms with Crippen LogP contribution < -0.4 is 4.74 Å². The van der Waals surface area contributed by atoms with Gasteiger partial charge in [-0.25, -0.2) is 4.79 Å². The molecule has 1 aromatic carbocycles. The van der Waals surface area contributed by atoms with E-state index < -0.39 is 5.97 Å². The summed E-state index contributed by atoms with van der Waals surface area (Å²) in [5, 5.41) is 8.96. The summed E-state index contributed by atoms with van der Waals surface area (Å²) in [6.07, 6.45) is 27.8. The highest BCUT2D eigenvalue weighted by Crippen LogP contribution is 2.68. The van der Waals surface area contributed by atoms with E-state index in [4.69, 9.17) is 9.84 Å². The van der Waals surface area contributed by atoms with E-state index in [2.05, 4.69) is 42.5 Å². The number of hydrogen-bond donors (Lipinski definition) is 1. The highest BCUT2D eigenvalue weighted by molar-refractivity contribution is 5.80. The van der Waals surface area contributed by atoms with Crippen LogP contribution in [0.4, 0.5) is 0 Å². The zero-order chi connectivity index (χ0) is 26.1. The molecule has 0 unspecified atom stereocenters. The van der Waals surface area contributed by atoms with Crippen LogP contribution in [0.1, 0.15) is 69.8 Å². The molecule has 1 aromatic rings. The van der Waals surface area contributed by atoms with E-state index in [0.717, 1.165) is 53.1 Å². The fourth-order valence-corrected chi connectivity index (χ4v) is 11.8. The van der Waals surface area contributed by atoms with Crippen molar-refractivity contribution in [2.45, 2.75) is 69.8 Å². The molecule has 0 spiro atoms. The molecule has 39 heavy (non-hydrogen) atoms. The zero-order valence-electron chi connectivity index (χ0n) is 23.0. The number of fused-ring (bicyclic) bond motifs is 1. The lowest BCUT2D eigenvalue weighted by Crippen LogP contribution is -2.66. The number of carbonyl (C=O) groups is 1. The van der Waals surface area contributed by atoms with Crippen molar-refractivity contribution in [3.8, 4) is 5.75 Å². The Hall–Kier alpha value is -2.55.